The lowest BCUT2D eigenvalue weighted by Gasteiger charge is -2.08. The first-order valence-electron chi connectivity index (χ1n) is 10.0. The molecule has 0 saturated carbocycles. The summed E-state index contributed by atoms with van der Waals surface area (Å²) in [7, 11) is 0. The fraction of sp³-hybridized carbons (Fsp3) is 0.200. The first kappa shape index (κ1) is 20.2. The summed E-state index contributed by atoms with van der Waals surface area (Å²) in [5.74, 6) is 0. The number of H-pyrrole nitrogens is 1. The van der Waals surface area contributed by atoms with Crippen LogP contribution in [0.3, 0.4) is 0 Å². The van der Waals surface area contributed by atoms with Gasteiger partial charge in [0.25, 0.3) is 0 Å². The van der Waals surface area contributed by atoms with E-state index in [1.54, 1.807) is 0 Å². The van der Waals surface area contributed by atoms with Gasteiger partial charge in [-0.2, -0.15) is 13.2 Å². The smallest absolute Gasteiger partial charge is 0.354 e. The first-order valence-corrected chi connectivity index (χ1v) is 10.0. The highest BCUT2D eigenvalue weighted by molar-refractivity contribution is 5.91. The van der Waals surface area contributed by atoms with Gasteiger partial charge in [0.15, 0.2) is 0 Å². The number of nitrogens with two attached hydrogens (primary N) is 1. The molecule has 3 N–H and O–H groups in total. The van der Waals surface area contributed by atoms with Crippen molar-refractivity contribution in [1.82, 2.24) is 4.98 Å². The van der Waals surface area contributed by atoms with Crippen LogP contribution in [0.1, 0.15) is 24.0 Å². The molecule has 0 bridgehead atoms. The molecule has 0 fully saturated rings. The van der Waals surface area contributed by atoms with E-state index in [-0.39, 0.29) is 0 Å². The van der Waals surface area contributed by atoms with Crippen molar-refractivity contribution in [2.45, 2.75) is 25.4 Å². The molecule has 0 atom stereocenters. The molecule has 0 spiro atoms. The Morgan fingerprint density at radius 3 is 2.10 bits per heavy atom. The number of nitrogens with one attached hydrogen (secondary N) is 1. The highest BCUT2D eigenvalue weighted by Crippen LogP contribution is 2.37. The van der Waals surface area contributed by atoms with Crippen molar-refractivity contribution in [3.8, 4) is 22.4 Å². The van der Waals surface area contributed by atoms with E-state index >= 15 is 0 Å². The molecule has 0 aliphatic heterocycles. The number of aryl methyl sites for hydroxylation is 1. The number of rotatable bonds is 6. The molecule has 1 heterocycles. The third kappa shape index (κ3) is 4.12. The fourth-order valence-electron chi connectivity index (χ4n) is 3.84. The molecule has 0 radical (unpaired) electrons. The van der Waals surface area contributed by atoms with Gasteiger partial charge >= 0.3 is 6.18 Å². The van der Waals surface area contributed by atoms with E-state index in [1.807, 2.05) is 42.5 Å². The van der Waals surface area contributed by atoms with Gasteiger partial charge in [-0.25, -0.2) is 0 Å². The van der Waals surface area contributed by atoms with Gasteiger partial charge < -0.3 is 10.7 Å². The van der Waals surface area contributed by atoms with Crippen molar-refractivity contribution < 1.29 is 13.2 Å². The van der Waals surface area contributed by atoms with Gasteiger partial charge in [0, 0.05) is 16.6 Å². The number of hydrogen-bond donors (Lipinski definition) is 2. The standard InChI is InChI=1S/C25H23F3N2/c26-25(27,28)20-13-14-23-22(16-20)21(8-4-5-15-29)24(30-23)19-11-9-18(10-12-19)17-6-2-1-3-7-17/h1-3,6-7,9-14,16,30H,4-5,8,15,29H2. The van der Waals surface area contributed by atoms with Crippen LogP contribution < -0.4 is 5.73 Å². The second-order valence-electron chi connectivity index (χ2n) is 7.43. The van der Waals surface area contributed by atoms with E-state index in [1.165, 1.54) is 12.1 Å². The number of fused-ring (bicyclic) bond motifs is 1. The molecule has 30 heavy (non-hydrogen) atoms. The molecule has 154 valence electrons. The minimum atomic E-state index is -4.36. The molecule has 2 nitrogen and oxygen atoms in total. The van der Waals surface area contributed by atoms with Crippen LogP contribution in [0, 0.1) is 0 Å². The Morgan fingerprint density at radius 1 is 0.767 bits per heavy atom. The highest BCUT2D eigenvalue weighted by Gasteiger charge is 2.31. The first-order chi connectivity index (χ1) is 14.5. The SMILES string of the molecule is NCCCCc1c(-c2ccc(-c3ccccc3)cc2)[nH]c2ccc(C(F)(F)F)cc12. The summed E-state index contributed by atoms with van der Waals surface area (Å²) in [4.78, 5) is 3.35. The Morgan fingerprint density at radius 2 is 1.43 bits per heavy atom. The summed E-state index contributed by atoms with van der Waals surface area (Å²) < 4.78 is 39.8. The monoisotopic (exact) mass is 408 g/mol. The average molecular weight is 408 g/mol. The van der Waals surface area contributed by atoms with Crippen molar-refractivity contribution in [1.29, 1.82) is 0 Å². The second kappa shape index (κ2) is 8.36. The summed E-state index contributed by atoms with van der Waals surface area (Å²) in [5, 5.41) is 0.629. The van der Waals surface area contributed by atoms with Crippen LogP contribution in [-0.4, -0.2) is 11.5 Å². The summed E-state index contributed by atoms with van der Waals surface area (Å²) in [6.07, 6.45) is -2.03. The van der Waals surface area contributed by atoms with Gasteiger partial charge in [0.2, 0.25) is 0 Å². The second-order valence-corrected chi connectivity index (χ2v) is 7.43. The number of hydrogen-bond acceptors (Lipinski definition) is 1. The topological polar surface area (TPSA) is 41.8 Å². The molecule has 0 unspecified atom stereocenters. The maximum Gasteiger partial charge on any atom is 0.416 e. The van der Waals surface area contributed by atoms with E-state index in [9.17, 15) is 13.2 Å². The van der Waals surface area contributed by atoms with Crippen molar-refractivity contribution in [3.05, 3.63) is 83.9 Å². The van der Waals surface area contributed by atoms with E-state index < -0.39 is 11.7 Å². The van der Waals surface area contributed by atoms with E-state index in [0.717, 1.165) is 46.9 Å². The molecule has 1 aromatic heterocycles. The number of benzene rings is 3. The van der Waals surface area contributed by atoms with Gasteiger partial charge in [-0.1, -0.05) is 54.6 Å². The summed E-state index contributed by atoms with van der Waals surface area (Å²) >= 11 is 0. The van der Waals surface area contributed by atoms with Crippen LogP contribution in [0.15, 0.2) is 72.8 Å². The summed E-state index contributed by atoms with van der Waals surface area (Å²) in [6, 6.07) is 22.1. The number of unbranched alkanes of at least 4 members (excludes halogenated alkanes) is 1. The Bertz CT molecular complexity index is 1130. The largest absolute Gasteiger partial charge is 0.416 e. The van der Waals surface area contributed by atoms with E-state index in [2.05, 4.69) is 17.1 Å². The zero-order valence-corrected chi connectivity index (χ0v) is 16.5. The molecule has 3 aromatic carbocycles. The Balaban J connectivity index is 1.78. The number of halogens is 3. The summed E-state index contributed by atoms with van der Waals surface area (Å²) in [5.41, 5.74) is 10.7. The van der Waals surface area contributed by atoms with Crippen molar-refractivity contribution in [2.24, 2.45) is 5.73 Å². The zero-order valence-electron chi connectivity index (χ0n) is 16.5. The highest BCUT2D eigenvalue weighted by atomic mass is 19.4. The molecule has 0 saturated heterocycles. The number of aromatic nitrogens is 1. The predicted molar refractivity (Wildman–Crippen MR) is 116 cm³/mol. The Kier molecular flexibility index (Phi) is 5.64. The van der Waals surface area contributed by atoms with E-state index in [0.29, 0.717) is 23.9 Å². The minimum Gasteiger partial charge on any atom is -0.354 e. The van der Waals surface area contributed by atoms with Crippen molar-refractivity contribution >= 4 is 10.9 Å². The average Bonchev–Trinajstić information content (AvgIpc) is 3.12. The van der Waals surface area contributed by atoms with Gasteiger partial charge in [-0.3, -0.25) is 0 Å². The maximum atomic E-state index is 13.3. The van der Waals surface area contributed by atoms with Gasteiger partial charge in [-0.05, 0) is 66.3 Å². The van der Waals surface area contributed by atoms with Crippen LogP contribution in [0.5, 0.6) is 0 Å². The Labute approximate surface area is 173 Å². The van der Waals surface area contributed by atoms with Crippen LogP contribution in [0.4, 0.5) is 13.2 Å². The van der Waals surface area contributed by atoms with Crippen LogP contribution in [0.25, 0.3) is 33.3 Å². The maximum absolute atomic E-state index is 13.3. The third-order valence-electron chi connectivity index (χ3n) is 5.40. The predicted octanol–water partition coefficient (Wildman–Crippen LogP) is 6.80. The minimum absolute atomic E-state index is 0.567. The summed E-state index contributed by atoms with van der Waals surface area (Å²) in [6.45, 7) is 0.567. The molecule has 4 rings (SSSR count). The van der Waals surface area contributed by atoms with E-state index in [4.69, 9.17) is 5.73 Å². The van der Waals surface area contributed by atoms with Gasteiger partial charge in [-0.15, -0.1) is 0 Å². The van der Waals surface area contributed by atoms with Crippen LogP contribution in [0.2, 0.25) is 0 Å². The third-order valence-corrected chi connectivity index (χ3v) is 5.40. The molecule has 0 amide bonds. The molecule has 5 heteroatoms. The normalized spacial score (nSPS) is 11.9. The van der Waals surface area contributed by atoms with Crippen LogP contribution in [-0.2, 0) is 12.6 Å². The molecule has 0 aliphatic rings. The molecular formula is C25H23F3N2. The van der Waals surface area contributed by atoms with Crippen molar-refractivity contribution in [3.63, 3.8) is 0 Å². The molecule has 4 aromatic rings. The lowest BCUT2D eigenvalue weighted by Crippen LogP contribution is -2.04. The number of aromatic amines is 1. The zero-order chi connectivity index (χ0) is 21.1. The lowest BCUT2D eigenvalue weighted by atomic mass is 9.97. The lowest BCUT2D eigenvalue weighted by molar-refractivity contribution is -0.137. The fourth-order valence-corrected chi connectivity index (χ4v) is 3.84. The molecular weight excluding hydrogens is 385 g/mol. The quantitative estimate of drug-likeness (QED) is 0.338. The Hall–Kier alpha value is -3.05. The van der Waals surface area contributed by atoms with Gasteiger partial charge in [0.05, 0.1) is 5.56 Å². The van der Waals surface area contributed by atoms with Crippen LogP contribution >= 0.6 is 0 Å². The number of alkyl halides is 3. The molecule has 0 aliphatic carbocycles. The van der Waals surface area contributed by atoms with Crippen molar-refractivity contribution in [2.75, 3.05) is 6.54 Å². The van der Waals surface area contributed by atoms with Gasteiger partial charge in [0.1, 0.15) is 0 Å².